The number of esters is 1. The molecule has 4 nitrogen and oxygen atoms in total. The lowest BCUT2D eigenvalue weighted by Gasteiger charge is -2.08. The second-order valence-corrected chi connectivity index (χ2v) is 7.33. The van der Waals surface area contributed by atoms with E-state index in [-0.39, 0.29) is 5.75 Å². The van der Waals surface area contributed by atoms with Crippen molar-refractivity contribution in [1.29, 1.82) is 0 Å². The van der Waals surface area contributed by atoms with Crippen molar-refractivity contribution in [2.75, 3.05) is 0 Å². The Morgan fingerprint density at radius 1 is 0.933 bits per heavy atom. The lowest BCUT2D eigenvalue weighted by atomic mass is 10.1. The molecule has 1 aromatic heterocycles. The topological polar surface area (TPSA) is 52.1 Å². The quantitative estimate of drug-likeness (QED) is 0.242. The summed E-state index contributed by atoms with van der Waals surface area (Å²) < 4.78 is 19.6. The summed E-state index contributed by atoms with van der Waals surface area (Å²) in [5.41, 5.74) is 3.81. The van der Waals surface area contributed by atoms with Gasteiger partial charge >= 0.3 is 5.97 Å². The Morgan fingerprint density at radius 2 is 1.73 bits per heavy atom. The Balaban J connectivity index is 1.64. The molecular weight excluding hydrogens is 379 g/mol. The number of hydrogen-bond acceptors (Lipinski definition) is 4. The van der Waals surface area contributed by atoms with Crippen molar-refractivity contribution in [2.24, 2.45) is 0 Å². The summed E-state index contributed by atoms with van der Waals surface area (Å²) in [6.45, 7) is 4.23. The predicted molar refractivity (Wildman–Crippen MR) is 116 cm³/mol. The van der Waals surface area contributed by atoms with Crippen LogP contribution in [0.25, 0.3) is 11.3 Å². The highest BCUT2D eigenvalue weighted by Crippen LogP contribution is 2.22. The third-order valence-corrected chi connectivity index (χ3v) is 4.90. The Hall–Kier alpha value is -3.08. The first-order valence-electron chi connectivity index (χ1n) is 10.5. The number of rotatable bonds is 9. The molecule has 5 heteroatoms. The van der Waals surface area contributed by atoms with Crippen LogP contribution in [0.4, 0.5) is 4.39 Å². The van der Waals surface area contributed by atoms with E-state index in [0.717, 1.165) is 61.0 Å². The number of carbonyl (C=O) groups is 1. The van der Waals surface area contributed by atoms with E-state index in [9.17, 15) is 9.18 Å². The number of aryl methyl sites for hydroxylation is 2. The molecule has 0 N–H and O–H groups in total. The van der Waals surface area contributed by atoms with Crippen LogP contribution in [-0.4, -0.2) is 15.9 Å². The van der Waals surface area contributed by atoms with Crippen LogP contribution >= 0.6 is 0 Å². The first-order valence-corrected chi connectivity index (χ1v) is 10.5. The zero-order valence-corrected chi connectivity index (χ0v) is 17.5. The molecule has 30 heavy (non-hydrogen) atoms. The molecule has 156 valence electrons. The van der Waals surface area contributed by atoms with Gasteiger partial charge < -0.3 is 4.74 Å². The standard InChI is InChI=1S/C25H27FN2O2/c1-3-5-6-8-18-9-14-24(22(26)15-18)30-25(29)20-12-10-19(11-13-20)23-17-27-21(7-4-2)16-28-23/h9-17H,3-8H2,1-2H3. The minimum atomic E-state index is -0.594. The van der Waals surface area contributed by atoms with Crippen molar-refractivity contribution in [2.45, 2.75) is 52.4 Å². The number of halogens is 1. The maximum Gasteiger partial charge on any atom is 0.343 e. The van der Waals surface area contributed by atoms with Crippen molar-refractivity contribution >= 4 is 5.97 Å². The van der Waals surface area contributed by atoms with E-state index in [4.69, 9.17) is 4.74 Å². The molecule has 0 aliphatic rings. The van der Waals surface area contributed by atoms with Crippen molar-refractivity contribution < 1.29 is 13.9 Å². The molecular formula is C25H27FN2O2. The smallest absolute Gasteiger partial charge is 0.343 e. The van der Waals surface area contributed by atoms with Crippen molar-refractivity contribution in [3.8, 4) is 17.0 Å². The molecule has 0 fully saturated rings. The molecule has 0 bridgehead atoms. The fraction of sp³-hybridized carbons (Fsp3) is 0.320. The van der Waals surface area contributed by atoms with Crippen molar-refractivity contribution in [3.63, 3.8) is 0 Å². The normalized spacial score (nSPS) is 10.8. The van der Waals surface area contributed by atoms with Crippen LogP contribution in [0, 0.1) is 5.82 Å². The molecule has 0 spiro atoms. The zero-order chi connectivity index (χ0) is 21.3. The summed E-state index contributed by atoms with van der Waals surface area (Å²) in [5.74, 6) is -1.17. The van der Waals surface area contributed by atoms with Gasteiger partial charge in [-0.25, -0.2) is 9.18 Å². The van der Waals surface area contributed by atoms with Crippen LogP contribution in [0.15, 0.2) is 54.9 Å². The van der Waals surface area contributed by atoms with Gasteiger partial charge in [-0.05, 0) is 49.1 Å². The summed E-state index contributed by atoms with van der Waals surface area (Å²) >= 11 is 0. The molecule has 0 saturated heterocycles. The number of unbranched alkanes of at least 4 members (excludes halogenated alkanes) is 2. The van der Waals surface area contributed by atoms with Crippen LogP contribution in [-0.2, 0) is 12.8 Å². The second-order valence-electron chi connectivity index (χ2n) is 7.33. The van der Waals surface area contributed by atoms with E-state index >= 15 is 0 Å². The van der Waals surface area contributed by atoms with Gasteiger partial charge in [-0.3, -0.25) is 9.97 Å². The van der Waals surface area contributed by atoms with Gasteiger partial charge in [0.25, 0.3) is 0 Å². The highest BCUT2D eigenvalue weighted by Gasteiger charge is 2.13. The second kappa shape index (κ2) is 10.6. The Labute approximate surface area is 177 Å². The van der Waals surface area contributed by atoms with Gasteiger partial charge in [-0.1, -0.05) is 51.3 Å². The molecule has 0 amide bonds. The number of ether oxygens (including phenoxy) is 1. The molecule has 0 saturated carbocycles. The highest BCUT2D eigenvalue weighted by atomic mass is 19.1. The number of carbonyl (C=O) groups excluding carboxylic acids is 1. The molecule has 0 radical (unpaired) electrons. The predicted octanol–water partition coefficient (Wildman–Crippen LogP) is 6.19. The summed E-state index contributed by atoms with van der Waals surface area (Å²) in [4.78, 5) is 21.2. The average molecular weight is 407 g/mol. The highest BCUT2D eigenvalue weighted by molar-refractivity contribution is 5.91. The van der Waals surface area contributed by atoms with E-state index in [1.807, 2.05) is 6.07 Å². The van der Waals surface area contributed by atoms with E-state index in [1.54, 1.807) is 36.7 Å². The van der Waals surface area contributed by atoms with Gasteiger partial charge in [0.2, 0.25) is 0 Å². The van der Waals surface area contributed by atoms with Crippen molar-refractivity contribution in [3.05, 3.63) is 77.5 Å². The molecule has 1 heterocycles. The van der Waals surface area contributed by atoms with Gasteiger partial charge in [0.15, 0.2) is 11.6 Å². The number of nitrogens with zero attached hydrogens (tertiary/aromatic N) is 2. The third-order valence-electron chi connectivity index (χ3n) is 4.90. The molecule has 3 aromatic rings. The minimum Gasteiger partial charge on any atom is -0.420 e. The lowest BCUT2D eigenvalue weighted by Crippen LogP contribution is -2.09. The SMILES string of the molecule is CCCCCc1ccc(OC(=O)c2ccc(-c3cnc(CCC)cn3)cc2)c(F)c1. The van der Waals surface area contributed by atoms with Gasteiger partial charge in [-0.15, -0.1) is 0 Å². The van der Waals surface area contributed by atoms with Gasteiger partial charge in [0.1, 0.15) is 0 Å². The Bertz CT molecular complexity index is 969. The largest absolute Gasteiger partial charge is 0.420 e. The summed E-state index contributed by atoms with van der Waals surface area (Å²) in [6.07, 6.45) is 9.50. The van der Waals surface area contributed by atoms with Gasteiger partial charge in [-0.2, -0.15) is 0 Å². The number of benzene rings is 2. The van der Waals surface area contributed by atoms with Crippen LogP contribution < -0.4 is 4.74 Å². The first kappa shape index (κ1) is 21.6. The molecule has 0 atom stereocenters. The Morgan fingerprint density at radius 3 is 2.37 bits per heavy atom. The van der Waals surface area contributed by atoms with Crippen molar-refractivity contribution in [1.82, 2.24) is 9.97 Å². The van der Waals surface area contributed by atoms with Crippen LogP contribution in [0.3, 0.4) is 0 Å². The van der Waals surface area contributed by atoms with E-state index in [0.29, 0.717) is 5.56 Å². The number of hydrogen-bond donors (Lipinski definition) is 0. The van der Waals surface area contributed by atoms with Gasteiger partial charge in [0, 0.05) is 11.8 Å². The fourth-order valence-electron chi connectivity index (χ4n) is 3.19. The number of aromatic nitrogens is 2. The summed E-state index contributed by atoms with van der Waals surface area (Å²) in [7, 11) is 0. The van der Waals surface area contributed by atoms with E-state index < -0.39 is 11.8 Å². The van der Waals surface area contributed by atoms with Crippen LogP contribution in [0.5, 0.6) is 5.75 Å². The van der Waals surface area contributed by atoms with Crippen LogP contribution in [0.2, 0.25) is 0 Å². The molecule has 0 aliphatic carbocycles. The average Bonchev–Trinajstić information content (AvgIpc) is 2.76. The first-order chi connectivity index (χ1) is 14.6. The van der Waals surface area contributed by atoms with Crippen LogP contribution in [0.1, 0.15) is 61.1 Å². The minimum absolute atomic E-state index is 0.0549. The fourth-order valence-corrected chi connectivity index (χ4v) is 3.19. The van der Waals surface area contributed by atoms with E-state index in [1.165, 1.54) is 12.1 Å². The summed E-state index contributed by atoms with van der Waals surface area (Å²) in [6, 6.07) is 11.6. The summed E-state index contributed by atoms with van der Waals surface area (Å²) in [5, 5.41) is 0. The van der Waals surface area contributed by atoms with Gasteiger partial charge in [0.05, 0.1) is 23.1 Å². The third kappa shape index (κ3) is 5.72. The van der Waals surface area contributed by atoms with E-state index in [2.05, 4.69) is 23.8 Å². The maximum absolute atomic E-state index is 14.3. The molecule has 0 unspecified atom stereocenters. The maximum atomic E-state index is 14.3. The zero-order valence-electron chi connectivity index (χ0n) is 17.5. The molecule has 0 aliphatic heterocycles. The Kier molecular flexibility index (Phi) is 7.66. The lowest BCUT2D eigenvalue weighted by molar-refractivity contribution is 0.0728. The molecule has 2 aromatic carbocycles. The molecule has 3 rings (SSSR count). The monoisotopic (exact) mass is 406 g/mol.